The maximum Gasteiger partial charge on any atom is 0.343 e. The highest BCUT2D eigenvalue weighted by molar-refractivity contribution is 5.91. The number of hydrogen-bond acceptors (Lipinski definition) is 3. The molecule has 0 saturated carbocycles. The number of halogens is 2. The van der Waals surface area contributed by atoms with Gasteiger partial charge >= 0.3 is 5.97 Å². The fraction of sp³-hybridized carbons (Fsp3) is 0.323. The number of aryl methyl sites for hydroxylation is 1. The summed E-state index contributed by atoms with van der Waals surface area (Å²) in [6, 6.07) is 18.1. The third-order valence-electron chi connectivity index (χ3n) is 5.83. The number of carbonyl (C=O) groups is 1. The molecule has 3 rings (SSSR count). The average molecular weight is 493 g/mol. The predicted octanol–water partition coefficient (Wildman–Crippen LogP) is 8.05. The van der Waals surface area contributed by atoms with Crippen LogP contribution in [0.2, 0.25) is 0 Å². The van der Waals surface area contributed by atoms with Gasteiger partial charge in [-0.05, 0) is 73.1 Å². The Labute approximate surface area is 212 Å². The third-order valence-corrected chi connectivity index (χ3v) is 5.83. The molecule has 0 amide bonds. The highest BCUT2D eigenvalue weighted by Gasteiger charge is 2.18. The van der Waals surface area contributed by atoms with E-state index in [1.165, 1.54) is 42.5 Å². The van der Waals surface area contributed by atoms with Gasteiger partial charge in [0.2, 0.25) is 11.6 Å². The van der Waals surface area contributed by atoms with Crippen molar-refractivity contribution in [2.24, 2.45) is 0 Å². The molecule has 190 valence electrons. The molecule has 36 heavy (non-hydrogen) atoms. The fourth-order valence-corrected chi connectivity index (χ4v) is 3.71. The minimum absolute atomic E-state index is 0.203. The Balaban J connectivity index is 1.49. The van der Waals surface area contributed by atoms with E-state index in [2.05, 4.69) is 43.3 Å². The van der Waals surface area contributed by atoms with Crippen LogP contribution in [0, 0.1) is 11.6 Å². The van der Waals surface area contributed by atoms with Crippen LogP contribution in [0.15, 0.2) is 72.8 Å². The fourth-order valence-electron chi connectivity index (χ4n) is 3.71. The number of esters is 1. The second kappa shape index (κ2) is 14.2. The molecule has 0 aliphatic carbocycles. The number of rotatable bonds is 13. The highest BCUT2D eigenvalue weighted by Crippen LogP contribution is 2.28. The summed E-state index contributed by atoms with van der Waals surface area (Å²) in [7, 11) is 0. The van der Waals surface area contributed by atoms with Crippen LogP contribution in [0.1, 0.15) is 66.6 Å². The molecule has 0 aliphatic heterocycles. The van der Waals surface area contributed by atoms with Gasteiger partial charge in [0.1, 0.15) is 0 Å². The van der Waals surface area contributed by atoms with Gasteiger partial charge in [0.15, 0.2) is 11.5 Å². The summed E-state index contributed by atoms with van der Waals surface area (Å²) in [4.78, 5) is 12.4. The Kier molecular flexibility index (Phi) is 10.7. The summed E-state index contributed by atoms with van der Waals surface area (Å²) in [6.07, 6.45) is 11.4. The molecule has 0 heterocycles. The van der Waals surface area contributed by atoms with Crippen LogP contribution in [0.4, 0.5) is 8.78 Å². The Hall–Kier alpha value is -3.47. The molecule has 0 N–H and O–H groups in total. The predicted molar refractivity (Wildman–Crippen MR) is 140 cm³/mol. The van der Waals surface area contributed by atoms with Gasteiger partial charge in [0.25, 0.3) is 0 Å². The van der Waals surface area contributed by atoms with Crippen LogP contribution in [0.25, 0.3) is 0 Å². The lowest BCUT2D eigenvalue weighted by atomic mass is 10.0. The number of carbonyl (C=O) groups excluding carboxylic acids is 1. The summed E-state index contributed by atoms with van der Waals surface area (Å²) < 4.78 is 38.6. The zero-order valence-electron chi connectivity index (χ0n) is 21.1. The molecule has 0 atom stereocenters. The van der Waals surface area contributed by atoms with Crippen molar-refractivity contribution in [2.75, 3.05) is 6.61 Å². The number of unbranched alkanes of at least 4 members (excludes halogenated alkanes) is 2. The molecule has 0 fully saturated rings. The van der Waals surface area contributed by atoms with E-state index in [1.807, 2.05) is 19.1 Å². The van der Waals surface area contributed by atoms with Crippen molar-refractivity contribution in [3.63, 3.8) is 0 Å². The van der Waals surface area contributed by atoms with Gasteiger partial charge < -0.3 is 9.47 Å². The molecule has 0 unspecified atom stereocenters. The average Bonchev–Trinajstić information content (AvgIpc) is 2.90. The lowest BCUT2D eigenvalue weighted by molar-refractivity contribution is 0.0726. The molecule has 0 aromatic heterocycles. The summed E-state index contributed by atoms with van der Waals surface area (Å²) in [5.41, 5.74) is 3.95. The minimum Gasteiger partial charge on any atom is -0.490 e. The molecule has 0 spiro atoms. The molecule has 3 aromatic rings. The number of allylic oxidation sites excluding steroid dienone is 2. The SMILES string of the molecule is CCCCCc1ccc(C/C=C/Cc2ccc(C(=O)Oc3ccc(OCCC)c(F)c3F)cc2)cc1. The maximum atomic E-state index is 14.3. The standard InChI is InChI=1S/C31H34F2O3/c1-3-5-6-9-23-12-14-24(15-13-23)10-7-8-11-25-16-18-26(19-17-25)31(34)36-28-21-20-27(35-22-4-2)29(32)30(28)33/h7-8,12-21H,3-6,9-11,22H2,1-2H3/b8-7+. The van der Waals surface area contributed by atoms with Crippen LogP contribution in [-0.2, 0) is 19.3 Å². The van der Waals surface area contributed by atoms with E-state index in [9.17, 15) is 13.6 Å². The molecule has 0 bridgehead atoms. The molecule has 0 radical (unpaired) electrons. The normalized spacial score (nSPS) is 11.1. The van der Waals surface area contributed by atoms with E-state index < -0.39 is 23.4 Å². The van der Waals surface area contributed by atoms with E-state index in [0.717, 1.165) is 24.8 Å². The van der Waals surface area contributed by atoms with Gasteiger partial charge in [-0.2, -0.15) is 8.78 Å². The number of hydrogen-bond donors (Lipinski definition) is 0. The Morgan fingerprint density at radius 1 is 0.722 bits per heavy atom. The molecule has 5 heteroatoms. The van der Waals surface area contributed by atoms with Crippen molar-refractivity contribution in [3.05, 3.63) is 107 Å². The smallest absolute Gasteiger partial charge is 0.343 e. The summed E-state index contributed by atoms with van der Waals surface area (Å²) in [5, 5.41) is 0. The Bertz CT molecular complexity index is 1140. The quantitative estimate of drug-likeness (QED) is 0.105. The van der Waals surface area contributed by atoms with Crippen molar-refractivity contribution in [1.29, 1.82) is 0 Å². The van der Waals surface area contributed by atoms with E-state index in [0.29, 0.717) is 6.42 Å². The lowest BCUT2D eigenvalue weighted by Crippen LogP contribution is -2.10. The molecule has 3 nitrogen and oxygen atoms in total. The van der Waals surface area contributed by atoms with Gasteiger partial charge in [-0.15, -0.1) is 0 Å². The number of ether oxygens (including phenoxy) is 2. The van der Waals surface area contributed by atoms with E-state index in [4.69, 9.17) is 9.47 Å². The zero-order chi connectivity index (χ0) is 25.8. The molecular formula is C31H34F2O3. The van der Waals surface area contributed by atoms with Crippen LogP contribution in [0.3, 0.4) is 0 Å². The maximum absolute atomic E-state index is 14.3. The van der Waals surface area contributed by atoms with E-state index >= 15 is 0 Å². The first kappa shape index (κ1) is 27.1. The van der Waals surface area contributed by atoms with Gasteiger partial charge in [-0.25, -0.2) is 4.79 Å². The molecule has 0 aliphatic rings. The van der Waals surface area contributed by atoms with Crippen molar-refractivity contribution in [1.82, 2.24) is 0 Å². The third kappa shape index (κ3) is 8.04. The molecular weight excluding hydrogens is 458 g/mol. The second-order valence-corrected chi connectivity index (χ2v) is 8.78. The van der Waals surface area contributed by atoms with E-state index in [-0.39, 0.29) is 17.9 Å². The monoisotopic (exact) mass is 492 g/mol. The molecule has 0 saturated heterocycles. The first-order valence-electron chi connectivity index (χ1n) is 12.7. The first-order valence-corrected chi connectivity index (χ1v) is 12.7. The van der Waals surface area contributed by atoms with Crippen LogP contribution in [-0.4, -0.2) is 12.6 Å². The highest BCUT2D eigenvalue weighted by atomic mass is 19.2. The summed E-state index contributed by atoms with van der Waals surface area (Å²) >= 11 is 0. The van der Waals surface area contributed by atoms with Crippen molar-refractivity contribution in [3.8, 4) is 11.5 Å². The van der Waals surface area contributed by atoms with Gasteiger partial charge in [0.05, 0.1) is 12.2 Å². The van der Waals surface area contributed by atoms with Gasteiger partial charge in [0, 0.05) is 0 Å². The Morgan fingerprint density at radius 3 is 1.89 bits per heavy atom. The van der Waals surface area contributed by atoms with Crippen LogP contribution < -0.4 is 9.47 Å². The summed E-state index contributed by atoms with van der Waals surface area (Å²) in [6.45, 7) is 4.35. The second-order valence-electron chi connectivity index (χ2n) is 8.78. The van der Waals surface area contributed by atoms with Crippen molar-refractivity contribution in [2.45, 2.75) is 58.8 Å². The van der Waals surface area contributed by atoms with Crippen LogP contribution >= 0.6 is 0 Å². The largest absolute Gasteiger partial charge is 0.490 e. The summed E-state index contributed by atoms with van der Waals surface area (Å²) in [5.74, 6) is -3.84. The zero-order valence-corrected chi connectivity index (χ0v) is 21.1. The topological polar surface area (TPSA) is 35.5 Å². The Morgan fingerprint density at radius 2 is 1.28 bits per heavy atom. The van der Waals surface area contributed by atoms with Crippen molar-refractivity contribution < 1.29 is 23.0 Å². The van der Waals surface area contributed by atoms with Crippen molar-refractivity contribution >= 4 is 5.97 Å². The first-order chi connectivity index (χ1) is 17.5. The van der Waals surface area contributed by atoms with Gasteiger partial charge in [-0.3, -0.25) is 0 Å². The van der Waals surface area contributed by atoms with Crippen LogP contribution in [0.5, 0.6) is 11.5 Å². The van der Waals surface area contributed by atoms with Gasteiger partial charge in [-0.1, -0.05) is 75.2 Å². The van der Waals surface area contributed by atoms with E-state index in [1.54, 1.807) is 12.1 Å². The molecule has 3 aromatic carbocycles. The number of benzene rings is 3. The minimum atomic E-state index is -1.25. The lowest BCUT2D eigenvalue weighted by Gasteiger charge is -2.10.